The number of hydrogen-bond donors (Lipinski definition) is 2. The monoisotopic (exact) mass is 443 g/mol. The van der Waals surface area contributed by atoms with Crippen LogP contribution in [0.3, 0.4) is 0 Å². The maximum Gasteiger partial charge on any atom is 0.242 e. The van der Waals surface area contributed by atoms with Crippen molar-refractivity contribution in [3.8, 4) is 5.75 Å². The first-order valence-corrected chi connectivity index (χ1v) is 11.2. The fourth-order valence-corrected chi connectivity index (χ4v) is 4.46. The predicted molar refractivity (Wildman–Crippen MR) is 112 cm³/mol. The van der Waals surface area contributed by atoms with Gasteiger partial charge in [0.2, 0.25) is 21.1 Å². The number of aromatic nitrogens is 2. The van der Waals surface area contributed by atoms with Gasteiger partial charge in [-0.3, -0.25) is 4.79 Å². The van der Waals surface area contributed by atoms with Crippen LogP contribution >= 0.6 is 23.1 Å². The third-order valence-corrected chi connectivity index (χ3v) is 7.18. The summed E-state index contributed by atoms with van der Waals surface area (Å²) in [6.45, 7) is 4.19. The number of nitrogens with zero attached hydrogens (tertiary/aromatic N) is 3. The second-order valence-corrected chi connectivity index (χ2v) is 9.88. The van der Waals surface area contributed by atoms with Crippen LogP contribution in [0.25, 0.3) is 0 Å². The molecule has 9 nitrogen and oxygen atoms in total. The largest absolute Gasteiger partial charge is 0.495 e. The number of carbonyl (C=O) groups excluding carboxylic acids is 1. The Hall–Kier alpha value is -2.15. The molecule has 2 N–H and O–H groups in total. The molecular weight excluding hydrogens is 422 g/mol. The van der Waals surface area contributed by atoms with E-state index in [-0.39, 0.29) is 22.2 Å². The zero-order valence-electron chi connectivity index (χ0n) is 15.6. The number of ether oxygens (including phenoxy) is 1. The molecule has 0 aliphatic heterocycles. The number of amides is 1. The van der Waals surface area contributed by atoms with Crippen LogP contribution in [0.15, 0.2) is 40.1 Å². The molecule has 2 aromatic rings. The van der Waals surface area contributed by atoms with Crippen molar-refractivity contribution in [2.24, 2.45) is 0 Å². The van der Waals surface area contributed by atoms with Crippen LogP contribution in [0.2, 0.25) is 0 Å². The maximum atomic E-state index is 12.3. The number of sulfonamides is 1. The predicted octanol–water partition coefficient (Wildman–Crippen LogP) is 2.13. The van der Waals surface area contributed by atoms with E-state index in [9.17, 15) is 13.2 Å². The number of hydrogen-bond acceptors (Lipinski definition) is 9. The van der Waals surface area contributed by atoms with Gasteiger partial charge in [-0.1, -0.05) is 29.2 Å². The summed E-state index contributed by atoms with van der Waals surface area (Å²) in [4.78, 5) is 12.4. The minimum atomic E-state index is -3.63. The quantitative estimate of drug-likeness (QED) is 0.424. The molecule has 0 fully saturated rings. The first-order chi connectivity index (χ1) is 13.3. The first kappa shape index (κ1) is 22.1. The maximum absolute atomic E-state index is 12.3. The second-order valence-electron chi connectivity index (χ2n) is 5.53. The van der Waals surface area contributed by atoms with Gasteiger partial charge in [0.05, 0.1) is 23.4 Å². The lowest BCUT2D eigenvalue weighted by atomic mass is 10.3. The van der Waals surface area contributed by atoms with Gasteiger partial charge in [-0.25, -0.2) is 12.7 Å². The molecule has 0 bridgehead atoms. The van der Waals surface area contributed by atoms with E-state index in [1.165, 1.54) is 62.5 Å². The number of anilines is 2. The molecule has 1 heterocycles. The lowest BCUT2D eigenvalue weighted by molar-refractivity contribution is -0.113. The summed E-state index contributed by atoms with van der Waals surface area (Å²) in [5.41, 5.74) is 0.279. The van der Waals surface area contributed by atoms with Crippen LogP contribution in [-0.4, -0.2) is 62.3 Å². The fourth-order valence-electron chi connectivity index (χ4n) is 1.97. The van der Waals surface area contributed by atoms with Crippen LogP contribution < -0.4 is 15.4 Å². The molecule has 0 radical (unpaired) electrons. The summed E-state index contributed by atoms with van der Waals surface area (Å²) in [7, 11) is 0.692. The molecule has 0 saturated carbocycles. The lowest BCUT2D eigenvalue weighted by Crippen LogP contribution is -2.22. The highest BCUT2D eigenvalue weighted by Gasteiger charge is 2.20. The van der Waals surface area contributed by atoms with E-state index < -0.39 is 10.0 Å². The van der Waals surface area contributed by atoms with E-state index in [0.717, 1.165) is 4.31 Å². The summed E-state index contributed by atoms with van der Waals surface area (Å²) in [6, 6.07) is 4.30. The van der Waals surface area contributed by atoms with Gasteiger partial charge in [0.1, 0.15) is 5.75 Å². The molecule has 152 valence electrons. The molecule has 1 amide bonds. The Labute approximate surface area is 172 Å². The van der Waals surface area contributed by atoms with E-state index in [2.05, 4.69) is 27.4 Å². The van der Waals surface area contributed by atoms with Crippen molar-refractivity contribution in [2.75, 3.05) is 44.1 Å². The minimum absolute atomic E-state index is 0.0586. The fraction of sp³-hybridized carbons (Fsp3) is 0.312. The first-order valence-electron chi connectivity index (χ1n) is 7.99. The van der Waals surface area contributed by atoms with E-state index in [1.807, 2.05) is 0 Å². The average molecular weight is 444 g/mol. The third kappa shape index (κ3) is 5.67. The molecule has 0 atom stereocenters. The third-order valence-electron chi connectivity index (χ3n) is 3.35. The highest BCUT2D eigenvalue weighted by molar-refractivity contribution is 8.01. The van der Waals surface area contributed by atoms with Gasteiger partial charge < -0.3 is 15.4 Å². The van der Waals surface area contributed by atoms with Gasteiger partial charge in [0.25, 0.3) is 0 Å². The molecular formula is C16H21N5O4S3. The molecule has 0 saturated heterocycles. The summed E-state index contributed by atoms with van der Waals surface area (Å²) in [6.07, 6.45) is 1.71. The summed E-state index contributed by atoms with van der Waals surface area (Å²) in [5.74, 6) is 0.130. The Morgan fingerprint density at radius 3 is 2.79 bits per heavy atom. The van der Waals surface area contributed by atoms with Crippen molar-refractivity contribution in [1.29, 1.82) is 0 Å². The number of methoxy groups -OCH3 is 1. The molecule has 28 heavy (non-hydrogen) atoms. The molecule has 0 unspecified atom stereocenters. The van der Waals surface area contributed by atoms with Crippen LogP contribution in [-0.2, 0) is 14.8 Å². The highest BCUT2D eigenvalue weighted by atomic mass is 32.2. The van der Waals surface area contributed by atoms with Crippen molar-refractivity contribution in [2.45, 2.75) is 9.24 Å². The molecule has 12 heteroatoms. The van der Waals surface area contributed by atoms with Gasteiger partial charge in [-0.15, -0.1) is 16.8 Å². The average Bonchev–Trinajstić information content (AvgIpc) is 3.12. The van der Waals surface area contributed by atoms with Crippen LogP contribution in [0, 0.1) is 0 Å². The van der Waals surface area contributed by atoms with E-state index >= 15 is 0 Å². The highest BCUT2D eigenvalue weighted by Crippen LogP contribution is 2.29. The number of nitrogens with one attached hydrogen (secondary N) is 2. The summed E-state index contributed by atoms with van der Waals surface area (Å²) < 4.78 is 31.5. The molecule has 1 aromatic heterocycles. The van der Waals surface area contributed by atoms with Gasteiger partial charge >= 0.3 is 0 Å². The van der Waals surface area contributed by atoms with Crippen molar-refractivity contribution in [3.63, 3.8) is 0 Å². The number of rotatable bonds is 10. The second kappa shape index (κ2) is 9.87. The van der Waals surface area contributed by atoms with Gasteiger partial charge in [-0.05, 0) is 18.2 Å². The molecule has 1 aromatic carbocycles. The van der Waals surface area contributed by atoms with Crippen molar-refractivity contribution >= 4 is 49.8 Å². The van der Waals surface area contributed by atoms with Crippen LogP contribution in [0.4, 0.5) is 10.8 Å². The summed E-state index contributed by atoms with van der Waals surface area (Å²) >= 11 is 2.56. The van der Waals surface area contributed by atoms with E-state index in [0.29, 0.717) is 21.8 Å². The van der Waals surface area contributed by atoms with Crippen molar-refractivity contribution in [3.05, 3.63) is 30.9 Å². The number of carbonyl (C=O) groups is 1. The molecule has 0 spiro atoms. The SMILES string of the molecule is C=CCNc1nnc(SCC(=O)Nc2cc(S(=O)(=O)N(C)C)ccc2OC)s1. The summed E-state index contributed by atoms with van der Waals surface area (Å²) in [5, 5.41) is 14.3. The topological polar surface area (TPSA) is 114 Å². The Bertz CT molecular complexity index is 944. The zero-order valence-corrected chi connectivity index (χ0v) is 18.1. The number of thioether (sulfide) groups is 1. The van der Waals surface area contributed by atoms with Gasteiger partial charge in [0.15, 0.2) is 4.34 Å². The van der Waals surface area contributed by atoms with Gasteiger partial charge in [0, 0.05) is 20.6 Å². The van der Waals surface area contributed by atoms with Gasteiger partial charge in [-0.2, -0.15) is 0 Å². The van der Waals surface area contributed by atoms with Crippen molar-refractivity contribution < 1.29 is 17.9 Å². The lowest BCUT2D eigenvalue weighted by Gasteiger charge is -2.15. The van der Waals surface area contributed by atoms with Crippen molar-refractivity contribution in [1.82, 2.24) is 14.5 Å². The van der Waals surface area contributed by atoms with E-state index in [4.69, 9.17) is 4.74 Å². The normalized spacial score (nSPS) is 11.3. The van der Waals surface area contributed by atoms with Crippen LogP contribution in [0.5, 0.6) is 5.75 Å². The Kier molecular flexibility index (Phi) is 7.80. The van der Waals surface area contributed by atoms with Crippen LogP contribution in [0.1, 0.15) is 0 Å². The zero-order chi connectivity index (χ0) is 20.7. The van der Waals surface area contributed by atoms with E-state index in [1.54, 1.807) is 6.08 Å². The Morgan fingerprint density at radius 2 is 2.14 bits per heavy atom. The Morgan fingerprint density at radius 1 is 1.39 bits per heavy atom. The number of benzene rings is 1. The smallest absolute Gasteiger partial charge is 0.242 e. The molecule has 0 aliphatic rings. The standard InChI is InChI=1S/C16H21N5O4S3/c1-5-8-17-15-19-20-16(27-15)26-10-14(22)18-12-9-11(6-7-13(12)25-4)28(23,24)21(2)3/h5-7,9H,1,8,10H2,2-4H3,(H,17,19)(H,18,22). The molecule has 2 rings (SSSR count). The molecule has 0 aliphatic carbocycles. The minimum Gasteiger partial charge on any atom is -0.495 e. The Balaban J connectivity index is 2.06.